The Hall–Kier alpha value is -3.46. The number of fused-ring (bicyclic) bond motifs is 1. The highest BCUT2D eigenvalue weighted by molar-refractivity contribution is 7.99. The first-order valence-corrected chi connectivity index (χ1v) is 11.9. The Balaban J connectivity index is 1.11. The van der Waals surface area contributed by atoms with Crippen LogP contribution in [0.5, 0.6) is 0 Å². The second-order valence-electron chi connectivity index (χ2n) is 8.10. The van der Waals surface area contributed by atoms with Gasteiger partial charge in [0.2, 0.25) is 17.7 Å². The first-order valence-electron chi connectivity index (χ1n) is 11.0. The van der Waals surface area contributed by atoms with Crippen molar-refractivity contribution in [2.45, 2.75) is 42.8 Å². The molecule has 1 amide bonds. The Labute approximate surface area is 194 Å². The molecular weight excluding hydrogens is 438 g/mol. The second-order valence-corrected chi connectivity index (χ2v) is 9.07. The fourth-order valence-electron chi connectivity index (χ4n) is 4.12. The number of carbonyl (C=O) groups excluding carboxylic acids is 1. The summed E-state index contributed by atoms with van der Waals surface area (Å²) in [6.45, 7) is 0. The lowest BCUT2D eigenvalue weighted by atomic mass is 9.86. The topological polar surface area (TPSA) is 114 Å². The maximum Gasteiger partial charge on any atom is 0.259 e. The minimum atomic E-state index is -0.196. The van der Waals surface area contributed by atoms with Gasteiger partial charge < -0.3 is 14.7 Å². The molecule has 2 aromatic heterocycles. The van der Waals surface area contributed by atoms with Crippen LogP contribution in [0.4, 0.5) is 0 Å². The molecule has 9 heteroatoms. The third-order valence-electron chi connectivity index (χ3n) is 5.83. The van der Waals surface area contributed by atoms with Crippen LogP contribution in [0.3, 0.4) is 0 Å². The molecule has 168 valence electrons. The number of amides is 1. The molecule has 1 saturated carbocycles. The molecule has 5 rings (SSSR count). The van der Waals surface area contributed by atoms with Crippen LogP contribution in [0, 0.1) is 0 Å². The number of para-hydroxylation sites is 1. The van der Waals surface area contributed by atoms with Crippen molar-refractivity contribution >= 4 is 28.6 Å². The van der Waals surface area contributed by atoms with Gasteiger partial charge in [0.15, 0.2) is 5.16 Å². The van der Waals surface area contributed by atoms with E-state index in [4.69, 9.17) is 4.42 Å². The smallest absolute Gasteiger partial charge is 0.259 e. The van der Waals surface area contributed by atoms with Crippen LogP contribution in [0.25, 0.3) is 22.4 Å². The number of aromatic nitrogens is 4. The zero-order chi connectivity index (χ0) is 22.6. The summed E-state index contributed by atoms with van der Waals surface area (Å²) in [5, 5.41) is 12.5. The van der Waals surface area contributed by atoms with Gasteiger partial charge in [-0.05, 0) is 49.9 Å². The van der Waals surface area contributed by atoms with E-state index in [2.05, 4.69) is 25.5 Å². The molecule has 0 aliphatic heterocycles. The van der Waals surface area contributed by atoms with E-state index >= 15 is 0 Å². The summed E-state index contributed by atoms with van der Waals surface area (Å²) in [7, 11) is 0. The molecule has 2 N–H and O–H groups in total. The summed E-state index contributed by atoms with van der Waals surface area (Å²) >= 11 is 1.23. The van der Waals surface area contributed by atoms with Gasteiger partial charge >= 0.3 is 0 Å². The van der Waals surface area contributed by atoms with Crippen molar-refractivity contribution in [3.8, 4) is 11.5 Å². The van der Waals surface area contributed by atoms with Gasteiger partial charge in [-0.1, -0.05) is 42.1 Å². The van der Waals surface area contributed by atoms with E-state index in [9.17, 15) is 9.59 Å². The first kappa shape index (κ1) is 21.4. The van der Waals surface area contributed by atoms with Crippen LogP contribution >= 0.6 is 11.8 Å². The molecule has 8 nitrogen and oxygen atoms in total. The molecule has 0 bridgehead atoms. The van der Waals surface area contributed by atoms with Gasteiger partial charge in [0.1, 0.15) is 0 Å². The molecule has 2 heterocycles. The summed E-state index contributed by atoms with van der Waals surface area (Å²) in [4.78, 5) is 31.8. The third kappa shape index (κ3) is 4.98. The Morgan fingerprint density at radius 2 is 1.79 bits per heavy atom. The zero-order valence-electron chi connectivity index (χ0n) is 17.9. The minimum Gasteiger partial charge on any atom is -0.420 e. The van der Waals surface area contributed by atoms with Gasteiger partial charge in [-0.2, -0.15) is 0 Å². The van der Waals surface area contributed by atoms with E-state index in [0.29, 0.717) is 27.8 Å². The molecule has 33 heavy (non-hydrogen) atoms. The largest absolute Gasteiger partial charge is 0.420 e. The third-order valence-corrected chi connectivity index (χ3v) is 6.71. The molecule has 0 atom stereocenters. The quantitative estimate of drug-likeness (QED) is 0.331. The standard InChI is InChI=1S/C24H23N5O3S/c30-20(14-33-24-26-19-9-5-4-8-18(19)21(31)27-24)25-17-12-10-16(11-13-17)23-29-28-22(32-23)15-6-2-1-3-7-15/h1-9,16-17H,10-14H2,(H,25,30)(H,26,27,31)/t16-,17-. The number of carbonyl (C=O) groups is 1. The van der Waals surface area contributed by atoms with Gasteiger partial charge in [-0.3, -0.25) is 9.59 Å². The highest BCUT2D eigenvalue weighted by atomic mass is 32.2. The van der Waals surface area contributed by atoms with E-state index in [1.807, 2.05) is 36.4 Å². The lowest BCUT2D eigenvalue weighted by molar-refractivity contribution is -0.119. The van der Waals surface area contributed by atoms with E-state index in [1.54, 1.807) is 18.2 Å². The van der Waals surface area contributed by atoms with Crippen LogP contribution in [-0.4, -0.2) is 37.9 Å². The zero-order valence-corrected chi connectivity index (χ0v) is 18.7. The average molecular weight is 462 g/mol. The molecule has 2 aromatic carbocycles. The highest BCUT2D eigenvalue weighted by Gasteiger charge is 2.27. The van der Waals surface area contributed by atoms with Gasteiger partial charge in [-0.15, -0.1) is 10.2 Å². The minimum absolute atomic E-state index is 0.0663. The number of aromatic amines is 1. The Kier molecular flexibility index (Phi) is 6.21. The number of thioether (sulfide) groups is 1. The van der Waals surface area contributed by atoms with E-state index < -0.39 is 0 Å². The van der Waals surface area contributed by atoms with Crippen molar-refractivity contribution in [1.29, 1.82) is 0 Å². The molecule has 4 aromatic rings. The Morgan fingerprint density at radius 1 is 1.03 bits per heavy atom. The van der Waals surface area contributed by atoms with E-state index in [0.717, 1.165) is 31.2 Å². The van der Waals surface area contributed by atoms with Crippen LogP contribution in [0.2, 0.25) is 0 Å². The summed E-state index contributed by atoms with van der Waals surface area (Å²) < 4.78 is 5.90. The lowest BCUT2D eigenvalue weighted by Crippen LogP contribution is -2.38. The highest BCUT2D eigenvalue weighted by Crippen LogP contribution is 2.33. The van der Waals surface area contributed by atoms with Gasteiger partial charge in [-0.25, -0.2) is 4.98 Å². The number of nitrogens with one attached hydrogen (secondary N) is 2. The molecule has 1 aliphatic rings. The fraction of sp³-hybridized carbons (Fsp3) is 0.292. The van der Waals surface area contributed by atoms with Crippen molar-refractivity contribution in [3.05, 3.63) is 70.8 Å². The van der Waals surface area contributed by atoms with Gasteiger partial charge in [0.25, 0.3) is 5.56 Å². The number of hydrogen-bond acceptors (Lipinski definition) is 7. The number of H-pyrrole nitrogens is 1. The Morgan fingerprint density at radius 3 is 2.61 bits per heavy atom. The Bertz CT molecular complexity index is 1310. The second kappa shape index (κ2) is 9.58. The number of hydrogen-bond donors (Lipinski definition) is 2. The predicted molar refractivity (Wildman–Crippen MR) is 126 cm³/mol. The lowest BCUT2D eigenvalue weighted by Gasteiger charge is -2.27. The van der Waals surface area contributed by atoms with Crippen molar-refractivity contribution in [2.75, 3.05) is 5.75 Å². The van der Waals surface area contributed by atoms with Gasteiger partial charge in [0.05, 0.1) is 16.7 Å². The summed E-state index contributed by atoms with van der Waals surface area (Å²) in [6, 6.07) is 17.0. The monoisotopic (exact) mass is 461 g/mol. The van der Waals surface area contributed by atoms with Crippen molar-refractivity contribution in [3.63, 3.8) is 0 Å². The molecule has 1 aliphatic carbocycles. The summed E-state index contributed by atoms with van der Waals surface area (Å²) in [5.74, 6) is 1.55. The first-order chi connectivity index (χ1) is 16.2. The summed E-state index contributed by atoms with van der Waals surface area (Å²) in [5.41, 5.74) is 1.34. The average Bonchev–Trinajstić information content (AvgIpc) is 3.34. The van der Waals surface area contributed by atoms with Gasteiger partial charge in [0, 0.05) is 17.5 Å². The molecule has 0 unspecified atom stereocenters. The van der Waals surface area contributed by atoms with Crippen molar-refractivity contribution in [1.82, 2.24) is 25.5 Å². The van der Waals surface area contributed by atoms with Crippen molar-refractivity contribution < 1.29 is 9.21 Å². The fourth-order valence-corrected chi connectivity index (χ4v) is 4.80. The van der Waals surface area contributed by atoms with E-state index in [1.165, 1.54) is 11.8 Å². The molecule has 1 fully saturated rings. The normalized spacial score (nSPS) is 18.3. The molecular formula is C24H23N5O3S. The van der Waals surface area contributed by atoms with E-state index in [-0.39, 0.29) is 29.2 Å². The molecule has 0 saturated heterocycles. The van der Waals surface area contributed by atoms with Crippen molar-refractivity contribution in [2.24, 2.45) is 0 Å². The van der Waals surface area contributed by atoms with Crippen LogP contribution in [-0.2, 0) is 4.79 Å². The van der Waals surface area contributed by atoms with Crippen LogP contribution in [0.1, 0.15) is 37.5 Å². The number of rotatable bonds is 6. The number of benzene rings is 2. The number of nitrogens with zero attached hydrogens (tertiary/aromatic N) is 3. The predicted octanol–water partition coefficient (Wildman–Crippen LogP) is 3.91. The molecule has 0 spiro atoms. The van der Waals surface area contributed by atoms with Crippen LogP contribution in [0.15, 0.2) is 69.0 Å². The maximum atomic E-state index is 12.5. The summed E-state index contributed by atoms with van der Waals surface area (Å²) in [6.07, 6.45) is 3.48. The maximum absolute atomic E-state index is 12.5. The van der Waals surface area contributed by atoms with Crippen LogP contribution < -0.4 is 10.9 Å². The SMILES string of the molecule is O=C(CSc1nc2ccccc2c(=O)[nH]1)N[C@H]1CC[C@H](c2nnc(-c3ccccc3)o2)CC1. The molecule has 0 radical (unpaired) electrons.